The van der Waals surface area contributed by atoms with E-state index in [4.69, 9.17) is 11.6 Å². The molecule has 6 heteroatoms. The molecule has 0 spiro atoms. The summed E-state index contributed by atoms with van der Waals surface area (Å²) in [5.74, 6) is -1.58. The summed E-state index contributed by atoms with van der Waals surface area (Å²) >= 11 is 6.08. The number of halogens is 3. The first-order valence-corrected chi connectivity index (χ1v) is 7.42. The van der Waals surface area contributed by atoms with Crippen molar-refractivity contribution in [1.29, 1.82) is 0 Å². The molecule has 0 atom stereocenters. The average Bonchev–Trinajstić information content (AvgIpc) is 2.79. The van der Waals surface area contributed by atoms with Crippen LogP contribution in [0.3, 0.4) is 0 Å². The molecule has 3 heterocycles. The Labute approximate surface area is 122 Å². The summed E-state index contributed by atoms with van der Waals surface area (Å²) in [6, 6.07) is 3.80. The average molecular weight is 302 g/mol. The SMILES string of the molecule is FC1(F)CCN(c2cc(C3CCNCC3)cc(Cl)n2)C1. The molecule has 0 aromatic carbocycles. The normalized spacial score (nSPS) is 23.2. The molecule has 3 rings (SSSR count). The van der Waals surface area contributed by atoms with Gasteiger partial charge in [-0.15, -0.1) is 0 Å². The highest BCUT2D eigenvalue weighted by Gasteiger charge is 2.39. The number of nitrogens with zero attached hydrogens (tertiary/aromatic N) is 2. The van der Waals surface area contributed by atoms with Crippen molar-refractivity contribution in [1.82, 2.24) is 10.3 Å². The zero-order valence-electron chi connectivity index (χ0n) is 11.2. The van der Waals surface area contributed by atoms with Crippen molar-refractivity contribution >= 4 is 17.4 Å². The minimum atomic E-state index is -2.61. The number of nitrogens with one attached hydrogen (secondary N) is 1. The molecule has 0 bridgehead atoms. The maximum absolute atomic E-state index is 13.3. The van der Waals surface area contributed by atoms with Gasteiger partial charge in [0.2, 0.25) is 0 Å². The molecular weight excluding hydrogens is 284 g/mol. The first-order valence-electron chi connectivity index (χ1n) is 7.04. The van der Waals surface area contributed by atoms with Crippen LogP contribution in [0, 0.1) is 0 Å². The maximum atomic E-state index is 13.3. The Bertz CT molecular complexity index is 489. The Morgan fingerprint density at radius 2 is 2.05 bits per heavy atom. The van der Waals surface area contributed by atoms with Crippen LogP contribution in [0.4, 0.5) is 14.6 Å². The van der Waals surface area contributed by atoms with Crippen LogP contribution in [-0.2, 0) is 0 Å². The van der Waals surface area contributed by atoms with Gasteiger partial charge in [-0.2, -0.15) is 0 Å². The van der Waals surface area contributed by atoms with E-state index in [-0.39, 0.29) is 13.0 Å². The molecule has 1 aromatic heterocycles. The fraction of sp³-hybridized carbons (Fsp3) is 0.643. The fourth-order valence-electron chi connectivity index (χ4n) is 2.99. The molecule has 0 radical (unpaired) electrons. The van der Waals surface area contributed by atoms with Crippen LogP contribution in [0.2, 0.25) is 5.15 Å². The molecule has 20 heavy (non-hydrogen) atoms. The molecule has 110 valence electrons. The second-order valence-electron chi connectivity index (χ2n) is 5.63. The number of piperidine rings is 1. The Morgan fingerprint density at radius 1 is 1.30 bits per heavy atom. The van der Waals surface area contributed by atoms with Gasteiger partial charge in [0.15, 0.2) is 0 Å². The zero-order chi connectivity index (χ0) is 14.2. The van der Waals surface area contributed by atoms with E-state index in [0.717, 1.165) is 31.5 Å². The van der Waals surface area contributed by atoms with Crippen LogP contribution in [0.5, 0.6) is 0 Å². The number of alkyl halides is 2. The van der Waals surface area contributed by atoms with E-state index in [0.29, 0.717) is 23.4 Å². The summed E-state index contributed by atoms with van der Waals surface area (Å²) < 4.78 is 26.7. The van der Waals surface area contributed by atoms with E-state index >= 15 is 0 Å². The number of anilines is 1. The van der Waals surface area contributed by atoms with Crippen molar-refractivity contribution in [3.8, 4) is 0 Å². The summed E-state index contributed by atoms with van der Waals surface area (Å²) in [5, 5.41) is 3.72. The molecule has 0 saturated carbocycles. The number of aromatic nitrogens is 1. The highest BCUT2D eigenvalue weighted by atomic mass is 35.5. The van der Waals surface area contributed by atoms with Gasteiger partial charge in [0.1, 0.15) is 11.0 Å². The maximum Gasteiger partial charge on any atom is 0.266 e. The van der Waals surface area contributed by atoms with Crippen LogP contribution in [0.1, 0.15) is 30.7 Å². The summed E-state index contributed by atoms with van der Waals surface area (Å²) in [5.41, 5.74) is 1.12. The van der Waals surface area contributed by atoms with E-state index in [1.54, 1.807) is 4.90 Å². The van der Waals surface area contributed by atoms with Gasteiger partial charge in [0, 0.05) is 13.0 Å². The van der Waals surface area contributed by atoms with Gasteiger partial charge < -0.3 is 10.2 Å². The van der Waals surface area contributed by atoms with Crippen LogP contribution in [0.15, 0.2) is 12.1 Å². The summed E-state index contributed by atoms with van der Waals surface area (Å²) in [6.45, 7) is 2.06. The Kier molecular flexibility index (Phi) is 3.82. The molecule has 2 saturated heterocycles. The first-order chi connectivity index (χ1) is 9.53. The lowest BCUT2D eigenvalue weighted by atomic mass is 9.91. The predicted molar refractivity (Wildman–Crippen MR) is 75.9 cm³/mol. The van der Waals surface area contributed by atoms with Crippen molar-refractivity contribution in [3.63, 3.8) is 0 Å². The van der Waals surface area contributed by atoms with Crippen LogP contribution < -0.4 is 10.2 Å². The number of hydrogen-bond donors (Lipinski definition) is 1. The molecule has 3 nitrogen and oxygen atoms in total. The molecule has 2 aliphatic rings. The van der Waals surface area contributed by atoms with Crippen LogP contribution >= 0.6 is 11.6 Å². The third-order valence-corrected chi connectivity index (χ3v) is 4.30. The summed E-state index contributed by atoms with van der Waals surface area (Å²) in [6.07, 6.45) is 2.00. The lowest BCUT2D eigenvalue weighted by molar-refractivity contribution is 0.0256. The summed E-state index contributed by atoms with van der Waals surface area (Å²) in [4.78, 5) is 5.85. The van der Waals surface area contributed by atoms with Crippen molar-refractivity contribution < 1.29 is 8.78 Å². The highest BCUT2D eigenvalue weighted by molar-refractivity contribution is 6.29. The third-order valence-electron chi connectivity index (χ3n) is 4.11. The minimum absolute atomic E-state index is 0.107. The van der Waals surface area contributed by atoms with Crippen molar-refractivity contribution in [2.45, 2.75) is 31.1 Å². The second kappa shape index (κ2) is 5.45. The molecule has 0 amide bonds. The van der Waals surface area contributed by atoms with E-state index in [1.807, 2.05) is 12.1 Å². The molecule has 0 unspecified atom stereocenters. The van der Waals surface area contributed by atoms with Crippen molar-refractivity contribution in [3.05, 3.63) is 22.8 Å². The quantitative estimate of drug-likeness (QED) is 0.851. The van der Waals surface area contributed by atoms with E-state index < -0.39 is 5.92 Å². The van der Waals surface area contributed by atoms with E-state index in [1.165, 1.54) is 0 Å². The summed E-state index contributed by atoms with van der Waals surface area (Å²) in [7, 11) is 0. The fourth-order valence-corrected chi connectivity index (χ4v) is 3.20. The smallest absolute Gasteiger partial charge is 0.266 e. The second-order valence-corrected chi connectivity index (χ2v) is 6.02. The molecule has 1 N–H and O–H groups in total. The van der Waals surface area contributed by atoms with Gasteiger partial charge >= 0.3 is 0 Å². The largest absolute Gasteiger partial charge is 0.350 e. The van der Waals surface area contributed by atoms with Gasteiger partial charge in [-0.1, -0.05) is 11.6 Å². The number of rotatable bonds is 2. The van der Waals surface area contributed by atoms with Crippen LogP contribution in [0.25, 0.3) is 0 Å². The van der Waals surface area contributed by atoms with E-state index in [2.05, 4.69) is 10.3 Å². The topological polar surface area (TPSA) is 28.2 Å². The Hall–Kier alpha value is -0.940. The Balaban J connectivity index is 1.83. The monoisotopic (exact) mass is 301 g/mol. The van der Waals surface area contributed by atoms with Gasteiger partial charge in [-0.05, 0) is 49.5 Å². The molecule has 2 fully saturated rings. The lowest BCUT2D eigenvalue weighted by Gasteiger charge is -2.25. The van der Waals surface area contributed by atoms with Gasteiger partial charge in [0.05, 0.1) is 6.54 Å². The molecular formula is C14H18ClF2N3. The van der Waals surface area contributed by atoms with Crippen LogP contribution in [-0.4, -0.2) is 37.1 Å². The van der Waals surface area contributed by atoms with Crippen molar-refractivity contribution in [2.24, 2.45) is 0 Å². The van der Waals surface area contributed by atoms with Gasteiger partial charge in [-0.25, -0.2) is 13.8 Å². The molecule has 1 aromatic rings. The molecule has 2 aliphatic heterocycles. The van der Waals surface area contributed by atoms with E-state index in [9.17, 15) is 8.78 Å². The zero-order valence-corrected chi connectivity index (χ0v) is 12.0. The van der Waals surface area contributed by atoms with Gasteiger partial charge in [0.25, 0.3) is 5.92 Å². The third kappa shape index (κ3) is 3.04. The number of hydrogen-bond acceptors (Lipinski definition) is 3. The first kappa shape index (κ1) is 14.0. The number of pyridine rings is 1. The van der Waals surface area contributed by atoms with Crippen molar-refractivity contribution in [2.75, 3.05) is 31.1 Å². The highest BCUT2D eigenvalue weighted by Crippen LogP contribution is 2.33. The molecule has 0 aliphatic carbocycles. The predicted octanol–water partition coefficient (Wildman–Crippen LogP) is 3.05. The van der Waals surface area contributed by atoms with Gasteiger partial charge in [-0.3, -0.25) is 0 Å². The standard InChI is InChI=1S/C14H18ClF2N3/c15-12-7-11(10-1-4-18-5-2-10)8-13(19-12)20-6-3-14(16,17)9-20/h7-8,10,18H,1-6,9H2. The minimum Gasteiger partial charge on any atom is -0.350 e. The Morgan fingerprint density at radius 3 is 2.70 bits per heavy atom. The lowest BCUT2D eigenvalue weighted by Crippen LogP contribution is -2.28.